The summed E-state index contributed by atoms with van der Waals surface area (Å²) in [6, 6.07) is 20.6. The van der Waals surface area contributed by atoms with Crippen molar-refractivity contribution in [2.45, 2.75) is 24.4 Å². The summed E-state index contributed by atoms with van der Waals surface area (Å²) in [5.41, 5.74) is 6.15. The Morgan fingerprint density at radius 2 is 1.75 bits per heavy atom. The van der Waals surface area contributed by atoms with Crippen LogP contribution < -0.4 is 0 Å². The first-order valence-electron chi connectivity index (χ1n) is 10.9. The van der Waals surface area contributed by atoms with E-state index in [-0.39, 0.29) is 24.1 Å². The second-order valence-corrected chi connectivity index (χ2v) is 10.2. The number of amides is 1. The summed E-state index contributed by atoms with van der Waals surface area (Å²) in [5, 5.41) is 0. The first-order chi connectivity index (χ1) is 15.7. The van der Waals surface area contributed by atoms with Crippen LogP contribution in [0.1, 0.15) is 28.3 Å². The van der Waals surface area contributed by atoms with Crippen LogP contribution in [-0.2, 0) is 9.47 Å². The summed E-state index contributed by atoms with van der Waals surface area (Å²) < 4.78 is 12.5. The van der Waals surface area contributed by atoms with Gasteiger partial charge in [0.15, 0.2) is 0 Å². The molecule has 2 aliphatic heterocycles. The van der Waals surface area contributed by atoms with Gasteiger partial charge in [0.1, 0.15) is 6.61 Å². The monoisotopic (exact) mass is 463 g/mol. The highest BCUT2D eigenvalue weighted by molar-refractivity contribution is 7.17. The molecule has 2 atom stereocenters. The molecule has 1 aromatic heterocycles. The van der Waals surface area contributed by atoms with Crippen LogP contribution in [0, 0.1) is 0 Å². The Morgan fingerprint density at radius 3 is 2.41 bits per heavy atom. The van der Waals surface area contributed by atoms with Crippen LogP contribution in [0.15, 0.2) is 66.7 Å². The number of hydrogen-bond donors (Lipinski definition) is 0. The van der Waals surface area contributed by atoms with Crippen LogP contribution in [0.4, 0.5) is 4.79 Å². The number of benzene rings is 2. The van der Waals surface area contributed by atoms with E-state index in [4.69, 9.17) is 21.1 Å². The van der Waals surface area contributed by atoms with E-state index in [0.29, 0.717) is 19.8 Å². The van der Waals surface area contributed by atoms with Crippen molar-refractivity contribution < 1.29 is 14.3 Å². The Hall–Kier alpha value is -2.60. The fourth-order valence-corrected chi connectivity index (χ4v) is 6.30. The third-order valence-electron chi connectivity index (χ3n) is 6.64. The summed E-state index contributed by atoms with van der Waals surface area (Å²) in [4.78, 5) is 16.3. The van der Waals surface area contributed by atoms with Crippen molar-refractivity contribution >= 4 is 34.6 Å². The zero-order chi connectivity index (χ0) is 21.7. The van der Waals surface area contributed by atoms with Gasteiger partial charge in [-0.15, -0.1) is 11.3 Å². The zero-order valence-corrected chi connectivity index (χ0v) is 18.9. The van der Waals surface area contributed by atoms with Crippen LogP contribution in [-0.4, -0.2) is 42.9 Å². The number of nitrogens with zero attached hydrogens (tertiary/aromatic N) is 1. The number of carbonyl (C=O) groups is 1. The maximum absolute atomic E-state index is 13.2. The number of carbonyl (C=O) groups excluding carboxylic acids is 1. The molecule has 2 unspecified atom stereocenters. The van der Waals surface area contributed by atoms with E-state index in [0.717, 1.165) is 10.8 Å². The molecule has 0 radical (unpaired) electrons. The minimum Gasteiger partial charge on any atom is -0.448 e. The van der Waals surface area contributed by atoms with Gasteiger partial charge in [-0.3, -0.25) is 4.90 Å². The van der Waals surface area contributed by atoms with Crippen molar-refractivity contribution in [2.75, 3.05) is 19.8 Å². The standard InChI is InChI=1S/C26H22ClNO3S/c27-25-10-9-24(32-25)16-11-17-13-30-14-18(12-16)28(17)26(29)31-15-23-21-7-3-1-5-19(21)20-6-2-4-8-22(20)23/h1-11,17-18,23H,12-15H2. The van der Waals surface area contributed by atoms with Crippen molar-refractivity contribution in [2.24, 2.45) is 0 Å². The van der Waals surface area contributed by atoms with Gasteiger partial charge in [0.05, 0.1) is 29.6 Å². The SMILES string of the molecule is O=C(OCC1c2ccccc2-c2ccccc21)N1C2C=C(c3ccc(Cl)s3)CC1COC2. The molecule has 3 aliphatic rings. The average Bonchev–Trinajstić information content (AvgIpc) is 3.38. The van der Waals surface area contributed by atoms with Gasteiger partial charge in [-0.2, -0.15) is 0 Å². The number of thiophene rings is 1. The lowest BCUT2D eigenvalue weighted by Crippen LogP contribution is -2.56. The predicted octanol–water partition coefficient (Wildman–Crippen LogP) is 6.21. The predicted molar refractivity (Wildman–Crippen MR) is 127 cm³/mol. The number of ether oxygens (including phenoxy) is 2. The fraction of sp³-hybridized carbons (Fsp3) is 0.269. The third kappa shape index (κ3) is 3.36. The zero-order valence-electron chi connectivity index (χ0n) is 17.4. The Balaban J connectivity index is 1.22. The number of fused-ring (bicyclic) bond motifs is 5. The van der Waals surface area contributed by atoms with Gasteiger partial charge >= 0.3 is 6.09 Å². The minimum atomic E-state index is -0.260. The molecule has 162 valence electrons. The molecule has 6 rings (SSSR count). The van der Waals surface area contributed by atoms with Crippen LogP contribution in [0.25, 0.3) is 16.7 Å². The molecule has 1 amide bonds. The molecule has 32 heavy (non-hydrogen) atoms. The van der Waals surface area contributed by atoms with E-state index in [2.05, 4.69) is 60.7 Å². The summed E-state index contributed by atoms with van der Waals surface area (Å²) in [6.07, 6.45) is 2.63. The Morgan fingerprint density at radius 1 is 1.03 bits per heavy atom. The molecule has 4 nitrogen and oxygen atoms in total. The molecular weight excluding hydrogens is 442 g/mol. The van der Waals surface area contributed by atoms with Crippen LogP contribution in [0.2, 0.25) is 4.34 Å². The van der Waals surface area contributed by atoms with Gasteiger partial charge in [-0.25, -0.2) is 4.79 Å². The Labute approximate surface area is 196 Å². The van der Waals surface area contributed by atoms with E-state index in [1.54, 1.807) is 11.3 Å². The highest BCUT2D eigenvalue weighted by Crippen LogP contribution is 2.45. The largest absolute Gasteiger partial charge is 0.448 e. The molecular formula is C26H22ClNO3S. The molecule has 6 heteroatoms. The van der Waals surface area contributed by atoms with Crippen molar-refractivity contribution in [3.8, 4) is 11.1 Å². The highest BCUT2D eigenvalue weighted by atomic mass is 35.5. The lowest BCUT2D eigenvalue weighted by atomic mass is 9.93. The lowest BCUT2D eigenvalue weighted by Gasteiger charge is -2.43. The third-order valence-corrected chi connectivity index (χ3v) is 7.94. The maximum atomic E-state index is 13.2. The van der Waals surface area contributed by atoms with Gasteiger partial charge in [-0.1, -0.05) is 66.2 Å². The fourth-order valence-electron chi connectivity index (χ4n) is 5.22. The first-order valence-corrected chi connectivity index (χ1v) is 12.1. The molecule has 1 aliphatic carbocycles. The van der Waals surface area contributed by atoms with Gasteiger partial charge < -0.3 is 9.47 Å². The van der Waals surface area contributed by atoms with Gasteiger partial charge in [0, 0.05) is 10.8 Å². The molecule has 1 saturated heterocycles. The maximum Gasteiger partial charge on any atom is 0.410 e. The van der Waals surface area contributed by atoms with Crippen molar-refractivity contribution in [1.82, 2.24) is 4.90 Å². The molecule has 0 spiro atoms. The van der Waals surface area contributed by atoms with Crippen LogP contribution in [0.3, 0.4) is 0 Å². The highest BCUT2D eigenvalue weighted by Gasteiger charge is 2.40. The van der Waals surface area contributed by atoms with Gasteiger partial charge in [0.2, 0.25) is 0 Å². The van der Waals surface area contributed by atoms with Crippen molar-refractivity contribution in [3.05, 3.63) is 87.1 Å². The summed E-state index contributed by atoms with van der Waals surface area (Å²) >= 11 is 7.71. The Bertz CT molecular complexity index is 1170. The molecule has 3 heterocycles. The quantitative estimate of drug-likeness (QED) is 0.463. The van der Waals surface area contributed by atoms with E-state index in [9.17, 15) is 4.79 Å². The second-order valence-electron chi connectivity index (χ2n) is 8.47. The van der Waals surface area contributed by atoms with Crippen molar-refractivity contribution in [1.29, 1.82) is 0 Å². The Kier molecular flexibility index (Phi) is 5.05. The topological polar surface area (TPSA) is 38.8 Å². The first kappa shape index (κ1) is 20.0. The molecule has 0 saturated carbocycles. The molecule has 2 bridgehead atoms. The molecule has 0 N–H and O–H groups in total. The number of morpholine rings is 1. The normalized spacial score (nSPS) is 21.7. The molecule has 2 aromatic carbocycles. The number of hydrogen-bond acceptors (Lipinski definition) is 4. The molecule has 3 aromatic rings. The summed E-state index contributed by atoms with van der Waals surface area (Å²) in [6.45, 7) is 1.35. The van der Waals surface area contributed by atoms with E-state index in [1.807, 2.05) is 11.0 Å². The average molecular weight is 464 g/mol. The van der Waals surface area contributed by atoms with Gasteiger partial charge in [-0.05, 0) is 46.4 Å². The molecule has 1 fully saturated rings. The minimum absolute atomic E-state index is 0.0229. The van der Waals surface area contributed by atoms with Crippen molar-refractivity contribution in [3.63, 3.8) is 0 Å². The van der Waals surface area contributed by atoms with E-state index in [1.165, 1.54) is 32.7 Å². The number of rotatable bonds is 3. The van der Waals surface area contributed by atoms with Crippen LogP contribution in [0.5, 0.6) is 0 Å². The van der Waals surface area contributed by atoms with E-state index < -0.39 is 0 Å². The van der Waals surface area contributed by atoms with E-state index >= 15 is 0 Å². The number of halogens is 1. The smallest absolute Gasteiger partial charge is 0.410 e. The second kappa shape index (κ2) is 8.07. The summed E-state index contributed by atoms with van der Waals surface area (Å²) in [7, 11) is 0. The van der Waals surface area contributed by atoms with Gasteiger partial charge in [0.25, 0.3) is 0 Å². The van der Waals surface area contributed by atoms with Crippen LogP contribution >= 0.6 is 22.9 Å². The lowest BCUT2D eigenvalue weighted by molar-refractivity contribution is -0.0331. The summed E-state index contributed by atoms with van der Waals surface area (Å²) in [5.74, 6) is 0.0617.